The number of amides is 1. The van der Waals surface area contributed by atoms with Crippen LogP contribution >= 0.6 is 0 Å². The van der Waals surface area contributed by atoms with Gasteiger partial charge in [0.1, 0.15) is 12.6 Å². The molecule has 0 spiro atoms. The molecule has 1 saturated heterocycles. The Kier molecular flexibility index (Phi) is 6.82. The number of rotatable bonds is 7. The van der Waals surface area contributed by atoms with Gasteiger partial charge in [0.2, 0.25) is 0 Å². The molecule has 6 nitrogen and oxygen atoms in total. The van der Waals surface area contributed by atoms with Gasteiger partial charge in [0, 0.05) is 25.6 Å². The van der Waals surface area contributed by atoms with E-state index >= 15 is 0 Å². The molecule has 0 saturated carbocycles. The molecule has 2 N–H and O–H groups in total. The van der Waals surface area contributed by atoms with E-state index < -0.39 is 18.1 Å². The molecule has 0 unspecified atom stereocenters. The standard InChI is InChI=1S/C29H29NO5/c31-28(32)27(17-19-9-11-20(12-10-19)21-13-15-34-16-14-21)30-29(33)35-18-26-24-7-3-1-5-22(24)23-6-2-4-8-25(23)26/h1-12,21,26-27H,13-18H2,(H,30,33)(H,31,32)/t27-/m0/s1. The average molecular weight is 472 g/mol. The molecule has 1 aliphatic carbocycles. The molecule has 3 aromatic carbocycles. The predicted octanol–water partition coefficient (Wildman–Crippen LogP) is 5.12. The lowest BCUT2D eigenvalue weighted by molar-refractivity contribution is -0.139. The lowest BCUT2D eigenvalue weighted by Gasteiger charge is -2.22. The summed E-state index contributed by atoms with van der Waals surface area (Å²) in [6, 6.07) is 23.1. The van der Waals surface area contributed by atoms with Crippen molar-refractivity contribution in [2.24, 2.45) is 0 Å². The van der Waals surface area contributed by atoms with Crippen LogP contribution in [0.1, 0.15) is 46.9 Å². The van der Waals surface area contributed by atoms with Gasteiger partial charge >= 0.3 is 12.1 Å². The largest absolute Gasteiger partial charge is 0.480 e. The fourth-order valence-corrected chi connectivity index (χ4v) is 5.17. The van der Waals surface area contributed by atoms with E-state index in [9.17, 15) is 14.7 Å². The van der Waals surface area contributed by atoms with Crippen molar-refractivity contribution in [1.82, 2.24) is 5.32 Å². The van der Waals surface area contributed by atoms with E-state index in [2.05, 4.69) is 29.6 Å². The Hall–Kier alpha value is -3.64. The van der Waals surface area contributed by atoms with Crippen LogP contribution in [0, 0.1) is 0 Å². The minimum Gasteiger partial charge on any atom is -0.480 e. The number of aliphatic carboxylic acids is 1. The first-order valence-corrected chi connectivity index (χ1v) is 12.1. The van der Waals surface area contributed by atoms with Gasteiger partial charge in [-0.3, -0.25) is 0 Å². The summed E-state index contributed by atoms with van der Waals surface area (Å²) in [6.07, 6.45) is 1.46. The van der Waals surface area contributed by atoms with Crippen molar-refractivity contribution in [2.75, 3.05) is 19.8 Å². The lowest BCUT2D eigenvalue weighted by atomic mass is 9.90. The third-order valence-corrected chi connectivity index (χ3v) is 7.05. The number of carbonyl (C=O) groups excluding carboxylic acids is 1. The monoisotopic (exact) mass is 471 g/mol. The molecular weight excluding hydrogens is 442 g/mol. The molecule has 0 radical (unpaired) electrons. The second kappa shape index (κ2) is 10.3. The predicted molar refractivity (Wildman–Crippen MR) is 133 cm³/mol. The van der Waals surface area contributed by atoms with Crippen molar-refractivity contribution in [2.45, 2.75) is 37.1 Å². The summed E-state index contributed by atoms with van der Waals surface area (Å²) in [6.45, 7) is 1.70. The van der Waals surface area contributed by atoms with E-state index in [1.807, 2.05) is 48.5 Å². The van der Waals surface area contributed by atoms with Gasteiger partial charge in [0.25, 0.3) is 0 Å². The fourth-order valence-electron chi connectivity index (χ4n) is 5.17. The number of carbonyl (C=O) groups is 2. The molecule has 1 heterocycles. The summed E-state index contributed by atoms with van der Waals surface area (Å²) in [5.41, 5.74) is 6.61. The number of hydrogen-bond donors (Lipinski definition) is 2. The molecule has 2 aliphatic rings. The molecular formula is C29H29NO5. The van der Waals surface area contributed by atoms with E-state index in [1.165, 1.54) is 5.56 Å². The summed E-state index contributed by atoms with van der Waals surface area (Å²) < 4.78 is 11.0. The molecule has 180 valence electrons. The van der Waals surface area contributed by atoms with Crippen molar-refractivity contribution in [1.29, 1.82) is 0 Å². The van der Waals surface area contributed by atoms with E-state index in [0.29, 0.717) is 5.92 Å². The zero-order chi connectivity index (χ0) is 24.2. The Bertz CT molecular complexity index is 1150. The third kappa shape index (κ3) is 5.08. The molecule has 35 heavy (non-hydrogen) atoms. The smallest absolute Gasteiger partial charge is 0.407 e. The van der Waals surface area contributed by atoms with Crippen LogP contribution in [0.4, 0.5) is 4.79 Å². The quantitative estimate of drug-likeness (QED) is 0.500. The van der Waals surface area contributed by atoms with E-state index in [4.69, 9.17) is 9.47 Å². The van der Waals surface area contributed by atoms with Crippen molar-refractivity contribution in [3.63, 3.8) is 0 Å². The van der Waals surface area contributed by atoms with E-state index in [-0.39, 0.29) is 18.9 Å². The molecule has 0 aromatic heterocycles. The van der Waals surface area contributed by atoms with Gasteiger partial charge in [-0.15, -0.1) is 0 Å². The number of carboxylic acids is 1. The summed E-state index contributed by atoms with van der Waals surface area (Å²) >= 11 is 0. The molecule has 1 fully saturated rings. The molecule has 3 aromatic rings. The molecule has 1 atom stereocenters. The van der Waals surface area contributed by atoms with E-state index in [0.717, 1.165) is 53.9 Å². The molecule has 5 rings (SSSR count). The fraction of sp³-hybridized carbons (Fsp3) is 0.310. The Morgan fingerprint density at radius 1 is 0.914 bits per heavy atom. The van der Waals surface area contributed by atoms with Gasteiger partial charge in [0.05, 0.1) is 0 Å². The molecule has 1 aliphatic heterocycles. The van der Waals surface area contributed by atoms with Gasteiger partial charge in [-0.25, -0.2) is 9.59 Å². The van der Waals surface area contributed by atoms with Crippen LogP contribution in [-0.4, -0.2) is 43.0 Å². The van der Waals surface area contributed by atoms with Gasteiger partial charge in [-0.05, 0) is 52.1 Å². The number of fused-ring (bicyclic) bond motifs is 3. The highest BCUT2D eigenvalue weighted by atomic mass is 16.5. The summed E-state index contributed by atoms with van der Waals surface area (Å²) in [5.74, 6) is -0.687. The van der Waals surface area contributed by atoms with Crippen molar-refractivity contribution < 1.29 is 24.2 Å². The van der Waals surface area contributed by atoms with Gasteiger partial charge in [0.15, 0.2) is 0 Å². The van der Waals surface area contributed by atoms with Gasteiger partial charge < -0.3 is 19.9 Å². The third-order valence-electron chi connectivity index (χ3n) is 7.05. The first-order valence-electron chi connectivity index (χ1n) is 12.1. The Balaban J connectivity index is 1.20. The van der Waals surface area contributed by atoms with Gasteiger partial charge in [-0.1, -0.05) is 72.8 Å². The second-order valence-electron chi connectivity index (χ2n) is 9.19. The maximum absolute atomic E-state index is 12.6. The maximum Gasteiger partial charge on any atom is 0.407 e. The van der Waals surface area contributed by atoms with Crippen LogP contribution in [0.2, 0.25) is 0 Å². The summed E-state index contributed by atoms with van der Waals surface area (Å²) in [7, 11) is 0. The minimum absolute atomic E-state index is 0.0749. The highest BCUT2D eigenvalue weighted by Crippen LogP contribution is 2.44. The van der Waals surface area contributed by atoms with Crippen molar-refractivity contribution in [3.05, 3.63) is 95.1 Å². The number of carboxylic acid groups (broad SMARTS) is 1. The molecule has 6 heteroatoms. The first kappa shape index (κ1) is 23.1. The highest BCUT2D eigenvalue weighted by molar-refractivity contribution is 5.81. The summed E-state index contributed by atoms with van der Waals surface area (Å²) in [5, 5.41) is 12.2. The molecule has 1 amide bonds. The van der Waals surface area contributed by atoms with Crippen LogP contribution in [0.5, 0.6) is 0 Å². The number of benzene rings is 3. The number of nitrogens with one attached hydrogen (secondary N) is 1. The topological polar surface area (TPSA) is 84.9 Å². The zero-order valence-electron chi connectivity index (χ0n) is 19.5. The van der Waals surface area contributed by atoms with Crippen LogP contribution in [0.25, 0.3) is 11.1 Å². The second-order valence-corrected chi connectivity index (χ2v) is 9.19. The lowest BCUT2D eigenvalue weighted by Crippen LogP contribution is -2.42. The Morgan fingerprint density at radius 3 is 2.11 bits per heavy atom. The van der Waals surface area contributed by atoms with Crippen LogP contribution < -0.4 is 5.32 Å². The van der Waals surface area contributed by atoms with Crippen LogP contribution in [0.15, 0.2) is 72.8 Å². The van der Waals surface area contributed by atoms with Crippen molar-refractivity contribution in [3.8, 4) is 11.1 Å². The van der Waals surface area contributed by atoms with Crippen molar-refractivity contribution >= 4 is 12.1 Å². The maximum atomic E-state index is 12.6. The average Bonchev–Trinajstić information content (AvgIpc) is 3.21. The van der Waals surface area contributed by atoms with E-state index in [1.54, 1.807) is 0 Å². The molecule has 0 bridgehead atoms. The number of hydrogen-bond acceptors (Lipinski definition) is 4. The van der Waals surface area contributed by atoms with Gasteiger partial charge in [-0.2, -0.15) is 0 Å². The normalized spacial score (nSPS) is 16.2. The highest BCUT2D eigenvalue weighted by Gasteiger charge is 2.30. The van der Waals surface area contributed by atoms with Crippen LogP contribution in [0.3, 0.4) is 0 Å². The number of ether oxygens (including phenoxy) is 2. The minimum atomic E-state index is -1.09. The number of alkyl carbamates (subject to hydrolysis) is 1. The summed E-state index contributed by atoms with van der Waals surface area (Å²) in [4.78, 5) is 24.4. The Morgan fingerprint density at radius 2 is 1.51 bits per heavy atom. The SMILES string of the molecule is O=C(N[C@@H](Cc1ccc(C2CCOCC2)cc1)C(=O)O)OCC1c2ccccc2-c2ccccc21. The first-order chi connectivity index (χ1) is 17.1. The van der Waals surface area contributed by atoms with Crippen LogP contribution in [-0.2, 0) is 20.7 Å². The zero-order valence-corrected chi connectivity index (χ0v) is 19.5. The Labute approximate surface area is 204 Å².